The van der Waals surface area contributed by atoms with Gasteiger partial charge in [-0.05, 0) is 31.0 Å². The molecular formula is C21H22N4O2S. The highest BCUT2D eigenvalue weighted by Crippen LogP contribution is 2.28. The molecule has 28 heavy (non-hydrogen) atoms. The molecule has 1 N–H and O–H groups in total. The number of nitrogens with zero attached hydrogens (tertiary/aromatic N) is 3. The van der Waals surface area contributed by atoms with Gasteiger partial charge < -0.3 is 9.88 Å². The van der Waals surface area contributed by atoms with Gasteiger partial charge in [-0.15, -0.1) is 0 Å². The van der Waals surface area contributed by atoms with E-state index in [9.17, 15) is 9.59 Å². The summed E-state index contributed by atoms with van der Waals surface area (Å²) in [7, 11) is 0. The maximum atomic E-state index is 12.7. The normalized spacial score (nSPS) is 15.0. The third-order valence-corrected chi connectivity index (χ3v) is 5.92. The van der Waals surface area contributed by atoms with Crippen LogP contribution in [0.3, 0.4) is 0 Å². The Labute approximate surface area is 167 Å². The number of imide groups is 1. The van der Waals surface area contributed by atoms with E-state index in [0.717, 1.165) is 29.2 Å². The third kappa shape index (κ3) is 3.75. The van der Waals surface area contributed by atoms with Crippen LogP contribution in [-0.4, -0.2) is 44.7 Å². The highest BCUT2D eigenvalue weighted by Gasteiger charge is 2.31. The number of benzene rings is 2. The van der Waals surface area contributed by atoms with Crippen LogP contribution < -0.4 is 5.32 Å². The molecule has 144 valence electrons. The zero-order chi connectivity index (χ0) is 19.5. The Bertz CT molecular complexity index is 1000. The lowest BCUT2D eigenvalue weighted by Gasteiger charge is -2.17. The maximum absolute atomic E-state index is 12.7. The molecule has 1 atom stereocenters. The molecule has 4 rings (SSSR count). The van der Waals surface area contributed by atoms with E-state index >= 15 is 0 Å². The van der Waals surface area contributed by atoms with Gasteiger partial charge in [-0.2, -0.15) is 0 Å². The zero-order valence-corrected chi connectivity index (χ0v) is 16.5. The summed E-state index contributed by atoms with van der Waals surface area (Å²) >= 11 is 1.41. The van der Waals surface area contributed by atoms with Crippen molar-refractivity contribution in [2.45, 2.75) is 30.3 Å². The number of carbonyl (C=O) groups is 2. The highest BCUT2D eigenvalue weighted by atomic mass is 32.2. The first kappa shape index (κ1) is 18.6. The molecule has 1 aromatic heterocycles. The number of aryl methyl sites for hydroxylation is 2. The molecule has 2 aromatic carbocycles. The standard InChI is InChI=1S/C21H22N4O2S/c1-15(19(26)25-14-12-22-20(25)27)28-21-23-17-9-5-6-10-18(17)24(21)13-11-16-7-3-2-4-8-16/h2-10,15H,11-14H2,1H3,(H,22,27). The van der Waals surface area contributed by atoms with E-state index in [0.29, 0.717) is 13.1 Å². The van der Waals surface area contributed by atoms with Crippen LogP contribution in [0.4, 0.5) is 4.79 Å². The van der Waals surface area contributed by atoms with E-state index in [1.54, 1.807) is 0 Å². The second-order valence-electron chi connectivity index (χ2n) is 6.75. The number of para-hydroxylation sites is 2. The molecular weight excluding hydrogens is 372 g/mol. The van der Waals surface area contributed by atoms with Crippen molar-refractivity contribution in [3.8, 4) is 0 Å². The highest BCUT2D eigenvalue weighted by molar-refractivity contribution is 8.00. The first-order valence-corrected chi connectivity index (χ1v) is 10.3. The number of nitrogens with one attached hydrogen (secondary N) is 1. The van der Waals surface area contributed by atoms with Crippen LogP contribution in [0, 0.1) is 0 Å². The molecule has 0 spiro atoms. The van der Waals surface area contributed by atoms with Crippen LogP contribution in [-0.2, 0) is 17.8 Å². The quantitative estimate of drug-likeness (QED) is 0.652. The molecule has 1 unspecified atom stereocenters. The molecule has 0 bridgehead atoms. The summed E-state index contributed by atoms with van der Waals surface area (Å²) in [6.07, 6.45) is 0.881. The van der Waals surface area contributed by atoms with Crippen molar-refractivity contribution in [3.05, 3.63) is 60.2 Å². The van der Waals surface area contributed by atoms with E-state index in [-0.39, 0.29) is 11.9 Å². The molecule has 7 heteroatoms. The van der Waals surface area contributed by atoms with E-state index in [4.69, 9.17) is 4.98 Å². The average Bonchev–Trinajstić information content (AvgIpc) is 3.29. The number of amides is 3. The van der Waals surface area contributed by atoms with Gasteiger partial charge in [-0.3, -0.25) is 9.69 Å². The van der Waals surface area contributed by atoms with Gasteiger partial charge in [-0.25, -0.2) is 9.78 Å². The van der Waals surface area contributed by atoms with Gasteiger partial charge in [0, 0.05) is 19.6 Å². The summed E-state index contributed by atoms with van der Waals surface area (Å²) in [5, 5.41) is 3.09. The predicted molar refractivity (Wildman–Crippen MR) is 110 cm³/mol. The Balaban J connectivity index is 1.57. The van der Waals surface area contributed by atoms with Crippen molar-refractivity contribution in [2.24, 2.45) is 0 Å². The van der Waals surface area contributed by atoms with Gasteiger partial charge in [0.05, 0.1) is 16.3 Å². The number of carbonyl (C=O) groups excluding carboxylic acids is 2. The molecule has 0 radical (unpaired) electrons. The van der Waals surface area contributed by atoms with Crippen LogP contribution in [0.2, 0.25) is 0 Å². The summed E-state index contributed by atoms with van der Waals surface area (Å²) in [4.78, 5) is 30.5. The molecule has 0 saturated carbocycles. The van der Waals surface area contributed by atoms with Gasteiger partial charge in [0.1, 0.15) is 0 Å². The van der Waals surface area contributed by atoms with Gasteiger partial charge in [0.15, 0.2) is 5.16 Å². The lowest BCUT2D eigenvalue weighted by atomic mass is 10.1. The number of aromatic nitrogens is 2. The number of hydrogen-bond acceptors (Lipinski definition) is 4. The van der Waals surface area contributed by atoms with Crippen molar-refractivity contribution in [3.63, 3.8) is 0 Å². The molecule has 1 fully saturated rings. The number of rotatable bonds is 6. The van der Waals surface area contributed by atoms with E-state index in [2.05, 4.69) is 28.1 Å². The Morgan fingerprint density at radius 1 is 1.18 bits per heavy atom. The van der Waals surface area contributed by atoms with Crippen molar-refractivity contribution < 1.29 is 9.59 Å². The number of urea groups is 1. The second-order valence-corrected chi connectivity index (χ2v) is 8.06. The summed E-state index contributed by atoms with van der Waals surface area (Å²) in [6, 6.07) is 18.0. The Hall–Kier alpha value is -2.80. The average molecular weight is 395 g/mol. The largest absolute Gasteiger partial charge is 0.336 e. The number of imidazole rings is 1. The number of thioether (sulfide) groups is 1. The molecule has 1 aliphatic rings. The topological polar surface area (TPSA) is 67.2 Å². The van der Waals surface area contributed by atoms with Gasteiger partial charge in [0.25, 0.3) is 0 Å². The van der Waals surface area contributed by atoms with E-state index < -0.39 is 5.25 Å². The monoisotopic (exact) mass is 394 g/mol. The summed E-state index contributed by atoms with van der Waals surface area (Å²) in [5.41, 5.74) is 3.23. The number of hydrogen-bond donors (Lipinski definition) is 1. The Morgan fingerprint density at radius 3 is 2.68 bits per heavy atom. The van der Waals surface area contributed by atoms with Gasteiger partial charge >= 0.3 is 6.03 Å². The minimum Gasteiger partial charge on any atom is -0.336 e. The smallest absolute Gasteiger partial charge is 0.324 e. The number of fused-ring (bicyclic) bond motifs is 1. The minimum absolute atomic E-state index is 0.179. The molecule has 3 amide bonds. The molecule has 6 nitrogen and oxygen atoms in total. The van der Waals surface area contributed by atoms with Crippen LogP contribution in [0.5, 0.6) is 0 Å². The SMILES string of the molecule is CC(Sc1nc2ccccc2n1CCc1ccccc1)C(=O)N1CCNC1=O. The fraction of sp³-hybridized carbons (Fsp3) is 0.286. The summed E-state index contributed by atoms with van der Waals surface area (Å²) < 4.78 is 2.17. The third-order valence-electron chi connectivity index (χ3n) is 4.84. The molecule has 2 heterocycles. The van der Waals surface area contributed by atoms with Crippen molar-refractivity contribution >= 4 is 34.7 Å². The van der Waals surface area contributed by atoms with Crippen LogP contribution in [0.1, 0.15) is 12.5 Å². The predicted octanol–water partition coefficient (Wildman–Crippen LogP) is 3.31. The fourth-order valence-corrected chi connectivity index (χ4v) is 4.37. The van der Waals surface area contributed by atoms with Gasteiger partial charge in [0.2, 0.25) is 5.91 Å². The maximum Gasteiger partial charge on any atom is 0.324 e. The van der Waals surface area contributed by atoms with Gasteiger partial charge in [-0.1, -0.05) is 54.2 Å². The van der Waals surface area contributed by atoms with E-state index in [1.165, 1.54) is 22.2 Å². The van der Waals surface area contributed by atoms with E-state index in [1.807, 2.05) is 43.3 Å². The first-order chi connectivity index (χ1) is 13.6. The van der Waals surface area contributed by atoms with Crippen LogP contribution >= 0.6 is 11.8 Å². The van der Waals surface area contributed by atoms with Crippen LogP contribution in [0.25, 0.3) is 11.0 Å². The Kier molecular flexibility index (Phi) is 5.34. The second kappa shape index (κ2) is 8.06. The van der Waals surface area contributed by atoms with Crippen molar-refractivity contribution in [1.82, 2.24) is 19.8 Å². The molecule has 0 aliphatic carbocycles. The minimum atomic E-state index is -0.392. The first-order valence-electron chi connectivity index (χ1n) is 9.38. The molecule has 1 aliphatic heterocycles. The lowest BCUT2D eigenvalue weighted by Crippen LogP contribution is -2.39. The molecule has 3 aromatic rings. The summed E-state index contributed by atoms with van der Waals surface area (Å²) in [5.74, 6) is -0.179. The van der Waals surface area contributed by atoms with Crippen molar-refractivity contribution in [2.75, 3.05) is 13.1 Å². The van der Waals surface area contributed by atoms with Crippen LogP contribution in [0.15, 0.2) is 59.8 Å². The molecule has 1 saturated heterocycles. The zero-order valence-electron chi connectivity index (χ0n) is 15.7. The summed E-state index contributed by atoms with van der Waals surface area (Å²) in [6.45, 7) is 3.54. The Morgan fingerprint density at radius 2 is 1.93 bits per heavy atom. The fourth-order valence-electron chi connectivity index (χ4n) is 3.35. The lowest BCUT2D eigenvalue weighted by molar-refractivity contribution is -0.126. The van der Waals surface area contributed by atoms with Crippen molar-refractivity contribution in [1.29, 1.82) is 0 Å².